The van der Waals surface area contributed by atoms with E-state index in [-0.39, 0.29) is 30.3 Å². The number of ether oxygens (including phenoxy) is 1. The Hall–Kier alpha value is -2.48. The third kappa shape index (κ3) is 5.85. The molecule has 3 aromatic rings. The van der Waals surface area contributed by atoms with Gasteiger partial charge in [-0.1, -0.05) is 60.5 Å². The Kier molecular flexibility index (Phi) is 7.87. The van der Waals surface area contributed by atoms with Crippen LogP contribution in [0.1, 0.15) is 13.3 Å². The number of carbonyl (C=O) groups excluding carboxylic acids is 1. The van der Waals surface area contributed by atoms with Crippen molar-refractivity contribution in [1.29, 1.82) is 0 Å². The monoisotopic (exact) mass is 494 g/mol. The summed E-state index contributed by atoms with van der Waals surface area (Å²) in [5.74, 6) is 0.268. The summed E-state index contributed by atoms with van der Waals surface area (Å²) >= 11 is 12.0. The Bertz CT molecular complexity index is 1220. The number of carbonyl (C=O) groups is 1. The summed E-state index contributed by atoms with van der Waals surface area (Å²) in [6, 6.07) is 17.2. The summed E-state index contributed by atoms with van der Waals surface area (Å²) in [5.41, 5.74) is 0.274. The van der Waals surface area contributed by atoms with Gasteiger partial charge in [0.25, 0.3) is 0 Å². The van der Waals surface area contributed by atoms with E-state index in [0.29, 0.717) is 10.8 Å². The van der Waals surface area contributed by atoms with Gasteiger partial charge in [-0.05, 0) is 47.5 Å². The quantitative estimate of drug-likeness (QED) is 0.429. The number of benzene rings is 3. The molecule has 9 heteroatoms. The molecule has 0 aliphatic rings. The predicted octanol–water partition coefficient (Wildman–Crippen LogP) is 4.89. The molecule has 0 fully saturated rings. The zero-order valence-electron chi connectivity index (χ0n) is 17.7. The molecule has 32 heavy (non-hydrogen) atoms. The molecule has 0 heterocycles. The van der Waals surface area contributed by atoms with E-state index in [0.717, 1.165) is 21.3 Å². The van der Waals surface area contributed by atoms with Gasteiger partial charge in [0.05, 0.1) is 28.5 Å². The van der Waals surface area contributed by atoms with Gasteiger partial charge in [-0.2, -0.15) is 0 Å². The van der Waals surface area contributed by atoms with Crippen molar-refractivity contribution in [3.63, 3.8) is 0 Å². The number of amides is 1. The molecule has 0 radical (unpaired) electrons. The van der Waals surface area contributed by atoms with Crippen molar-refractivity contribution >= 4 is 55.6 Å². The van der Waals surface area contributed by atoms with E-state index in [9.17, 15) is 13.2 Å². The van der Waals surface area contributed by atoms with E-state index in [4.69, 9.17) is 27.9 Å². The van der Waals surface area contributed by atoms with Crippen LogP contribution < -0.4 is 14.4 Å². The number of fused-ring (bicyclic) bond motifs is 1. The zero-order chi connectivity index (χ0) is 23.3. The van der Waals surface area contributed by atoms with Crippen LogP contribution in [-0.4, -0.2) is 39.8 Å². The zero-order valence-corrected chi connectivity index (χ0v) is 20.0. The van der Waals surface area contributed by atoms with Crippen molar-refractivity contribution in [2.45, 2.75) is 19.4 Å². The molecule has 3 aromatic carbocycles. The number of sulfonamides is 1. The second-order valence-corrected chi connectivity index (χ2v) is 9.90. The minimum Gasteiger partial charge on any atom is -0.492 e. The molecule has 1 N–H and O–H groups in total. The maximum absolute atomic E-state index is 12.8. The Morgan fingerprint density at radius 2 is 1.75 bits per heavy atom. The summed E-state index contributed by atoms with van der Waals surface area (Å²) in [7, 11) is -3.76. The summed E-state index contributed by atoms with van der Waals surface area (Å²) < 4.78 is 31.8. The SMILES string of the molecule is CC[C@@H](C(=O)NCCOc1ccc2ccccc2c1)N(c1ccc(Cl)c(Cl)c1)S(C)(=O)=O. The van der Waals surface area contributed by atoms with E-state index < -0.39 is 22.0 Å². The van der Waals surface area contributed by atoms with Crippen molar-refractivity contribution in [3.8, 4) is 5.75 Å². The third-order valence-corrected chi connectivity index (χ3v) is 6.80. The molecule has 0 unspecified atom stereocenters. The molecule has 170 valence electrons. The van der Waals surface area contributed by atoms with Gasteiger partial charge in [0.1, 0.15) is 18.4 Å². The van der Waals surface area contributed by atoms with Crippen molar-refractivity contribution in [2.75, 3.05) is 23.7 Å². The molecule has 0 spiro atoms. The van der Waals surface area contributed by atoms with E-state index in [1.54, 1.807) is 6.92 Å². The number of hydrogen-bond donors (Lipinski definition) is 1. The lowest BCUT2D eigenvalue weighted by molar-refractivity contribution is -0.122. The normalized spacial score (nSPS) is 12.4. The van der Waals surface area contributed by atoms with Gasteiger partial charge < -0.3 is 10.1 Å². The van der Waals surface area contributed by atoms with Crippen molar-refractivity contribution in [1.82, 2.24) is 5.32 Å². The first kappa shape index (κ1) is 24.2. The smallest absolute Gasteiger partial charge is 0.244 e. The molecule has 6 nitrogen and oxygen atoms in total. The Balaban J connectivity index is 1.65. The molecular weight excluding hydrogens is 471 g/mol. The van der Waals surface area contributed by atoms with Crippen molar-refractivity contribution < 1.29 is 17.9 Å². The topological polar surface area (TPSA) is 75.7 Å². The standard InChI is InChI=1S/C23H24Cl2N2O4S/c1-3-22(27(32(2,29)30)18-9-11-20(24)21(25)15-18)23(28)26-12-13-31-19-10-8-16-6-4-5-7-17(16)14-19/h4-11,14-15,22H,3,12-13H2,1-2H3,(H,26,28)/t22-/m0/s1. The fraction of sp³-hybridized carbons (Fsp3) is 0.261. The van der Waals surface area contributed by atoms with E-state index >= 15 is 0 Å². The Morgan fingerprint density at radius 1 is 1.03 bits per heavy atom. The van der Waals surface area contributed by atoms with Crippen LogP contribution in [0.15, 0.2) is 60.7 Å². The van der Waals surface area contributed by atoms with E-state index in [1.807, 2.05) is 42.5 Å². The van der Waals surface area contributed by atoms with Crippen LogP contribution in [-0.2, 0) is 14.8 Å². The largest absolute Gasteiger partial charge is 0.492 e. The Morgan fingerprint density at radius 3 is 2.41 bits per heavy atom. The van der Waals surface area contributed by atoms with Gasteiger partial charge in [0.15, 0.2) is 0 Å². The minimum absolute atomic E-state index is 0.205. The first-order valence-corrected chi connectivity index (χ1v) is 12.6. The van der Waals surface area contributed by atoms with Gasteiger partial charge in [-0.15, -0.1) is 0 Å². The lowest BCUT2D eigenvalue weighted by Crippen LogP contribution is -2.50. The highest BCUT2D eigenvalue weighted by molar-refractivity contribution is 7.92. The average molecular weight is 495 g/mol. The number of halogens is 2. The number of rotatable bonds is 9. The lowest BCUT2D eigenvalue weighted by atomic mass is 10.1. The summed E-state index contributed by atoms with van der Waals surface area (Å²) in [5, 5.41) is 5.44. The first-order valence-electron chi connectivity index (χ1n) is 10.0. The van der Waals surface area contributed by atoms with E-state index in [2.05, 4.69) is 5.32 Å². The Labute approximate surface area is 198 Å². The second kappa shape index (κ2) is 10.4. The molecule has 0 aliphatic carbocycles. The van der Waals surface area contributed by atoms with Crippen LogP contribution in [0.25, 0.3) is 10.8 Å². The highest BCUT2D eigenvalue weighted by Crippen LogP contribution is 2.30. The van der Waals surface area contributed by atoms with Crippen LogP contribution in [0, 0.1) is 0 Å². The molecule has 0 bridgehead atoms. The minimum atomic E-state index is -3.76. The van der Waals surface area contributed by atoms with Crippen LogP contribution in [0.3, 0.4) is 0 Å². The van der Waals surface area contributed by atoms with E-state index in [1.165, 1.54) is 18.2 Å². The fourth-order valence-electron chi connectivity index (χ4n) is 3.40. The van der Waals surface area contributed by atoms with Gasteiger partial charge in [0, 0.05) is 0 Å². The maximum Gasteiger partial charge on any atom is 0.244 e. The molecule has 3 rings (SSSR count). The highest BCUT2D eigenvalue weighted by Gasteiger charge is 2.31. The van der Waals surface area contributed by atoms with Gasteiger partial charge in [0.2, 0.25) is 15.9 Å². The molecular formula is C23H24Cl2N2O4S. The number of hydrogen-bond acceptors (Lipinski definition) is 4. The highest BCUT2D eigenvalue weighted by atomic mass is 35.5. The summed E-state index contributed by atoms with van der Waals surface area (Å²) in [6.45, 7) is 2.21. The van der Waals surface area contributed by atoms with Gasteiger partial charge >= 0.3 is 0 Å². The average Bonchev–Trinajstić information content (AvgIpc) is 2.76. The maximum atomic E-state index is 12.8. The molecule has 0 saturated carbocycles. The fourth-order valence-corrected chi connectivity index (χ4v) is 4.90. The van der Waals surface area contributed by atoms with Gasteiger partial charge in [-0.3, -0.25) is 9.10 Å². The van der Waals surface area contributed by atoms with Crippen molar-refractivity contribution in [3.05, 3.63) is 70.7 Å². The van der Waals surface area contributed by atoms with Crippen LogP contribution in [0.4, 0.5) is 5.69 Å². The number of nitrogens with one attached hydrogen (secondary N) is 1. The second-order valence-electron chi connectivity index (χ2n) is 7.23. The van der Waals surface area contributed by atoms with Crippen molar-refractivity contribution in [2.24, 2.45) is 0 Å². The van der Waals surface area contributed by atoms with Gasteiger partial charge in [-0.25, -0.2) is 8.42 Å². The van der Waals surface area contributed by atoms with Crippen LogP contribution in [0.5, 0.6) is 5.75 Å². The third-order valence-electron chi connectivity index (χ3n) is 4.88. The molecule has 0 aromatic heterocycles. The molecule has 1 amide bonds. The van der Waals surface area contributed by atoms with Crippen LogP contribution >= 0.6 is 23.2 Å². The molecule has 0 saturated heterocycles. The van der Waals surface area contributed by atoms with Crippen LogP contribution in [0.2, 0.25) is 10.0 Å². The number of nitrogens with zero attached hydrogens (tertiary/aromatic N) is 1. The predicted molar refractivity (Wildman–Crippen MR) is 130 cm³/mol. The lowest BCUT2D eigenvalue weighted by Gasteiger charge is -2.30. The number of anilines is 1. The summed E-state index contributed by atoms with van der Waals surface area (Å²) in [6.07, 6.45) is 1.32. The molecule has 0 aliphatic heterocycles. The molecule has 1 atom stereocenters. The summed E-state index contributed by atoms with van der Waals surface area (Å²) in [4.78, 5) is 12.8. The first-order chi connectivity index (χ1) is 15.2.